The van der Waals surface area contributed by atoms with Crippen LogP contribution in [0.5, 0.6) is 0 Å². The quantitative estimate of drug-likeness (QED) is 0.0593. The van der Waals surface area contributed by atoms with E-state index in [-0.39, 0.29) is 0 Å². The summed E-state index contributed by atoms with van der Waals surface area (Å²) in [7, 11) is -0.964. The molecule has 0 N–H and O–H groups in total. The van der Waals surface area contributed by atoms with Crippen molar-refractivity contribution >= 4 is 8.07 Å². The largest absolute Gasteiger partial charge is 0.0678 e. The molecule has 0 aliphatic rings. The lowest BCUT2D eigenvalue weighted by molar-refractivity contribution is 0.514. The Kier molecular flexibility index (Phi) is 30.9. The highest BCUT2D eigenvalue weighted by molar-refractivity contribution is 6.82. The van der Waals surface area contributed by atoms with Crippen LogP contribution in [-0.4, -0.2) is 8.07 Å². The lowest BCUT2D eigenvalue weighted by atomic mass is 10.0. The maximum atomic E-state index is 2.80. The van der Waals surface area contributed by atoms with Crippen LogP contribution < -0.4 is 0 Å². The maximum absolute atomic E-state index is 2.80. The fourth-order valence-corrected chi connectivity index (χ4v) is 9.41. The Morgan fingerprint density at radius 3 is 0.730 bits per heavy atom. The lowest BCUT2D eigenvalue weighted by Gasteiger charge is -2.27. The first kappa shape index (κ1) is 37.2. The topological polar surface area (TPSA) is 0 Å². The molecule has 0 saturated heterocycles. The van der Waals surface area contributed by atoms with Crippen LogP contribution in [0.15, 0.2) is 0 Å². The highest BCUT2D eigenvalue weighted by Gasteiger charge is 2.25. The van der Waals surface area contributed by atoms with Gasteiger partial charge in [0.05, 0.1) is 8.07 Å². The molecule has 0 aliphatic heterocycles. The molecule has 0 aromatic heterocycles. The molecule has 37 heavy (non-hydrogen) atoms. The molecule has 0 atom stereocenters. The van der Waals surface area contributed by atoms with Crippen molar-refractivity contribution in [1.82, 2.24) is 0 Å². The van der Waals surface area contributed by atoms with Gasteiger partial charge in [0.25, 0.3) is 0 Å². The van der Waals surface area contributed by atoms with Gasteiger partial charge in [0.15, 0.2) is 0 Å². The van der Waals surface area contributed by atoms with Crippen LogP contribution in [0.3, 0.4) is 0 Å². The summed E-state index contributed by atoms with van der Waals surface area (Å²) in [4.78, 5) is 0. The summed E-state index contributed by atoms with van der Waals surface area (Å²) in [5, 5.41) is 0. The Hall–Kier alpha value is 0.217. The summed E-state index contributed by atoms with van der Waals surface area (Å²) >= 11 is 0. The van der Waals surface area contributed by atoms with E-state index in [0.717, 1.165) is 0 Å². The van der Waals surface area contributed by atoms with Gasteiger partial charge >= 0.3 is 0 Å². The minimum atomic E-state index is -0.964. The summed E-state index contributed by atoms with van der Waals surface area (Å²) < 4.78 is 0. The predicted octanol–water partition coefficient (Wildman–Crippen LogP) is 14.2. The first-order valence-corrected chi connectivity index (χ1v) is 20.8. The van der Waals surface area contributed by atoms with Crippen LogP contribution in [0.2, 0.25) is 18.1 Å². The molecule has 0 spiro atoms. The van der Waals surface area contributed by atoms with Gasteiger partial charge in [-0.2, -0.15) is 0 Å². The van der Waals surface area contributed by atoms with Gasteiger partial charge in [-0.1, -0.05) is 226 Å². The Morgan fingerprint density at radius 1 is 0.297 bits per heavy atom. The Balaban J connectivity index is 3.13. The van der Waals surface area contributed by atoms with Crippen LogP contribution in [0.1, 0.15) is 207 Å². The van der Waals surface area contributed by atoms with Gasteiger partial charge < -0.3 is 0 Å². The van der Waals surface area contributed by atoms with E-state index < -0.39 is 8.07 Å². The summed E-state index contributed by atoms with van der Waals surface area (Å²) in [5.74, 6) is 0. The second kappa shape index (κ2) is 30.8. The summed E-state index contributed by atoms with van der Waals surface area (Å²) in [6.07, 6.45) is 41.4. The lowest BCUT2D eigenvalue weighted by Crippen LogP contribution is -2.32. The third-order valence-electron chi connectivity index (χ3n) is 9.50. The molecule has 0 aromatic rings. The fraction of sp³-hybridized carbons (Fsp3) is 0.972. The van der Waals surface area contributed by atoms with E-state index in [2.05, 4.69) is 33.7 Å². The van der Waals surface area contributed by atoms with E-state index in [4.69, 9.17) is 0 Å². The number of rotatable bonds is 32. The molecule has 0 amide bonds. The first-order valence-electron chi connectivity index (χ1n) is 18.1. The molecule has 0 unspecified atom stereocenters. The van der Waals surface area contributed by atoms with Crippen LogP contribution in [0, 0.1) is 6.04 Å². The molecule has 0 heterocycles. The molecule has 0 rings (SSSR count). The predicted molar refractivity (Wildman–Crippen MR) is 176 cm³/mol. The van der Waals surface area contributed by atoms with Crippen molar-refractivity contribution in [2.24, 2.45) is 0 Å². The second-order valence-corrected chi connectivity index (χ2v) is 17.9. The van der Waals surface area contributed by atoms with Crippen molar-refractivity contribution in [1.29, 1.82) is 0 Å². The van der Waals surface area contributed by atoms with Gasteiger partial charge in [0.1, 0.15) is 0 Å². The van der Waals surface area contributed by atoms with Crippen molar-refractivity contribution in [3.63, 3.8) is 0 Å². The van der Waals surface area contributed by atoms with Crippen LogP contribution in [0.25, 0.3) is 0 Å². The van der Waals surface area contributed by atoms with Gasteiger partial charge in [-0.25, -0.2) is 0 Å². The van der Waals surface area contributed by atoms with E-state index in [1.165, 1.54) is 198 Å². The van der Waals surface area contributed by atoms with Crippen molar-refractivity contribution in [3.05, 3.63) is 6.04 Å². The van der Waals surface area contributed by atoms with E-state index >= 15 is 0 Å². The Morgan fingerprint density at radius 2 is 0.514 bits per heavy atom. The SMILES string of the molecule is CCCCCCCCCCCCCCCCCCCCCCCCCCCCC[CH][Si](CC)(CC)CC. The third-order valence-corrected chi connectivity index (χ3v) is 14.9. The van der Waals surface area contributed by atoms with Gasteiger partial charge in [-0.3, -0.25) is 0 Å². The van der Waals surface area contributed by atoms with Gasteiger partial charge in [0.2, 0.25) is 0 Å². The molecule has 0 aromatic carbocycles. The normalized spacial score (nSPS) is 12.0. The van der Waals surface area contributed by atoms with Gasteiger partial charge in [-0.05, 0) is 6.04 Å². The minimum Gasteiger partial charge on any atom is -0.0678 e. The van der Waals surface area contributed by atoms with Crippen molar-refractivity contribution in [2.45, 2.75) is 226 Å². The van der Waals surface area contributed by atoms with E-state index in [9.17, 15) is 0 Å². The average Bonchev–Trinajstić information content (AvgIpc) is 2.92. The average molecular weight is 536 g/mol. The number of hydrogen-bond donors (Lipinski definition) is 0. The van der Waals surface area contributed by atoms with Crippen LogP contribution in [0.4, 0.5) is 0 Å². The Labute approximate surface area is 239 Å². The highest BCUT2D eigenvalue weighted by atomic mass is 28.3. The van der Waals surface area contributed by atoms with Crippen molar-refractivity contribution in [2.75, 3.05) is 0 Å². The van der Waals surface area contributed by atoms with Gasteiger partial charge in [-0.15, -0.1) is 0 Å². The molecule has 0 saturated carbocycles. The molecule has 0 aliphatic carbocycles. The van der Waals surface area contributed by atoms with Gasteiger partial charge in [0, 0.05) is 0 Å². The molecular formula is C36H75Si. The zero-order valence-corrected chi connectivity index (χ0v) is 28.0. The molecule has 1 heteroatoms. The minimum absolute atomic E-state index is 0.964. The molecule has 0 bridgehead atoms. The van der Waals surface area contributed by atoms with Crippen LogP contribution in [-0.2, 0) is 0 Å². The molecule has 0 nitrogen and oxygen atoms in total. The maximum Gasteiger partial charge on any atom is 0.0558 e. The fourth-order valence-electron chi connectivity index (χ4n) is 6.23. The zero-order chi connectivity index (χ0) is 27.1. The van der Waals surface area contributed by atoms with Crippen molar-refractivity contribution < 1.29 is 0 Å². The first-order chi connectivity index (χ1) is 18.2. The monoisotopic (exact) mass is 536 g/mol. The number of unbranched alkanes of at least 4 members (excludes halogenated alkanes) is 27. The second-order valence-electron chi connectivity index (χ2n) is 12.6. The smallest absolute Gasteiger partial charge is 0.0558 e. The third kappa shape index (κ3) is 26.2. The standard InChI is InChI=1S/C36H75Si/c1-5-9-10-11-12-13-14-15-16-17-18-19-20-21-22-23-24-25-26-27-28-29-30-31-32-33-34-35-36-37(6-2,7-3)8-4/h36H,5-35H2,1-4H3. The molecular weight excluding hydrogens is 460 g/mol. The zero-order valence-electron chi connectivity index (χ0n) is 27.0. The van der Waals surface area contributed by atoms with E-state index in [0.29, 0.717) is 0 Å². The van der Waals surface area contributed by atoms with Crippen LogP contribution >= 0.6 is 0 Å². The molecule has 1 radical (unpaired) electrons. The number of hydrogen-bond acceptors (Lipinski definition) is 0. The van der Waals surface area contributed by atoms with E-state index in [1.807, 2.05) is 0 Å². The highest BCUT2D eigenvalue weighted by Crippen LogP contribution is 2.26. The molecule has 0 fully saturated rings. The summed E-state index contributed by atoms with van der Waals surface area (Å²) in [6, 6.07) is 7.17. The Bertz CT molecular complexity index is 391. The van der Waals surface area contributed by atoms with E-state index in [1.54, 1.807) is 0 Å². The summed E-state index contributed by atoms with van der Waals surface area (Å²) in [5.41, 5.74) is 0. The molecule has 223 valence electrons. The summed E-state index contributed by atoms with van der Waals surface area (Å²) in [6.45, 7) is 9.59. The van der Waals surface area contributed by atoms with Crippen molar-refractivity contribution in [3.8, 4) is 0 Å².